The molecule has 0 aliphatic carbocycles. The van der Waals surface area contributed by atoms with Crippen LogP contribution in [0.15, 0.2) is 18.2 Å². The zero-order valence-corrected chi connectivity index (χ0v) is 11.9. The highest BCUT2D eigenvalue weighted by Gasteiger charge is 2.24. The Labute approximate surface area is 122 Å². The molecule has 4 N–H and O–H groups in total. The number of aliphatic hydroxyl groups excluding tert-OH is 2. The van der Waals surface area contributed by atoms with Gasteiger partial charge in [-0.1, -0.05) is 6.07 Å². The summed E-state index contributed by atoms with van der Waals surface area (Å²) >= 11 is 0. The number of aliphatic hydroxyl groups is 2. The van der Waals surface area contributed by atoms with E-state index in [0.717, 1.165) is 0 Å². The molecule has 116 valence electrons. The number of methoxy groups -OCH3 is 1. The Bertz CT molecular complexity index is 516. The average Bonchev–Trinajstić information content (AvgIpc) is 2.45. The fraction of sp³-hybridized carbons (Fsp3) is 0.429. The second-order valence-electron chi connectivity index (χ2n) is 4.36. The Morgan fingerprint density at radius 1 is 1.33 bits per heavy atom. The maximum atomic E-state index is 11.3. The summed E-state index contributed by atoms with van der Waals surface area (Å²) in [5, 5.41) is 19.8. The van der Waals surface area contributed by atoms with Crippen LogP contribution in [0.4, 0.5) is 5.69 Å². The van der Waals surface area contributed by atoms with Gasteiger partial charge < -0.3 is 25.4 Å². The van der Waals surface area contributed by atoms with Crippen LogP contribution in [-0.2, 0) is 14.3 Å². The number of nitrogens with two attached hydrogens (primary N) is 1. The Balaban J connectivity index is 2.84. The summed E-state index contributed by atoms with van der Waals surface area (Å²) in [4.78, 5) is 22.6. The topological polar surface area (TPSA) is 119 Å². The van der Waals surface area contributed by atoms with Gasteiger partial charge in [-0.3, -0.25) is 4.79 Å². The summed E-state index contributed by atoms with van der Waals surface area (Å²) in [6, 6.07) is 4.15. The van der Waals surface area contributed by atoms with E-state index in [1.54, 1.807) is 6.92 Å². The van der Waals surface area contributed by atoms with Crippen LogP contribution in [0, 0.1) is 0 Å². The largest absolute Gasteiger partial charge is 0.466 e. The summed E-state index contributed by atoms with van der Waals surface area (Å²) < 4.78 is 9.24. The van der Waals surface area contributed by atoms with Gasteiger partial charge in [-0.05, 0) is 19.1 Å². The summed E-state index contributed by atoms with van der Waals surface area (Å²) in [7, 11) is 1.24. The first kappa shape index (κ1) is 16.9. The molecular weight excluding hydrogens is 278 g/mol. The van der Waals surface area contributed by atoms with Crippen LogP contribution in [0.1, 0.15) is 35.4 Å². The predicted molar refractivity (Wildman–Crippen MR) is 74.4 cm³/mol. The second-order valence-corrected chi connectivity index (χ2v) is 4.36. The number of hydrogen-bond donors (Lipinski definition) is 3. The molecule has 0 spiro atoms. The van der Waals surface area contributed by atoms with Crippen molar-refractivity contribution in [3.63, 3.8) is 0 Å². The van der Waals surface area contributed by atoms with Crippen molar-refractivity contribution in [1.29, 1.82) is 0 Å². The van der Waals surface area contributed by atoms with Crippen LogP contribution in [0.2, 0.25) is 0 Å². The second kappa shape index (κ2) is 7.61. The molecular formula is C14H19NO6. The van der Waals surface area contributed by atoms with Crippen molar-refractivity contribution in [3.05, 3.63) is 29.3 Å². The normalized spacial score (nSPS) is 13.3. The lowest BCUT2D eigenvalue weighted by Crippen LogP contribution is -2.24. The van der Waals surface area contributed by atoms with E-state index in [1.807, 2.05) is 0 Å². The minimum absolute atomic E-state index is 0.119. The maximum Gasteiger partial charge on any atom is 0.337 e. The number of nitrogen functional groups attached to an aromatic ring is 1. The van der Waals surface area contributed by atoms with Crippen LogP contribution < -0.4 is 5.73 Å². The molecule has 0 radical (unpaired) electrons. The monoisotopic (exact) mass is 297 g/mol. The summed E-state index contributed by atoms with van der Waals surface area (Å²) in [5.41, 5.74) is 6.32. The van der Waals surface area contributed by atoms with Crippen molar-refractivity contribution in [2.45, 2.75) is 25.6 Å². The van der Waals surface area contributed by atoms with Crippen molar-refractivity contribution in [3.8, 4) is 0 Å². The molecule has 0 aliphatic rings. The van der Waals surface area contributed by atoms with Crippen molar-refractivity contribution < 1.29 is 29.3 Å². The first-order chi connectivity index (χ1) is 9.90. The minimum atomic E-state index is -1.36. The van der Waals surface area contributed by atoms with Crippen LogP contribution >= 0.6 is 0 Å². The number of carbonyl (C=O) groups is 2. The third-order valence-corrected chi connectivity index (χ3v) is 2.87. The van der Waals surface area contributed by atoms with Crippen LogP contribution in [0.5, 0.6) is 0 Å². The number of benzene rings is 1. The number of esters is 2. The molecule has 21 heavy (non-hydrogen) atoms. The molecule has 0 heterocycles. The fourth-order valence-corrected chi connectivity index (χ4v) is 1.80. The minimum Gasteiger partial charge on any atom is -0.466 e. The first-order valence-electron chi connectivity index (χ1n) is 6.40. The van der Waals surface area contributed by atoms with Crippen molar-refractivity contribution in [2.24, 2.45) is 0 Å². The molecule has 0 aromatic heterocycles. The summed E-state index contributed by atoms with van der Waals surface area (Å²) in [5.74, 6) is -1.18. The van der Waals surface area contributed by atoms with Gasteiger partial charge in [0.2, 0.25) is 0 Å². The van der Waals surface area contributed by atoms with E-state index >= 15 is 0 Å². The quantitative estimate of drug-likeness (QED) is 0.513. The zero-order valence-electron chi connectivity index (χ0n) is 11.9. The fourth-order valence-electron chi connectivity index (χ4n) is 1.80. The van der Waals surface area contributed by atoms with Crippen LogP contribution in [0.25, 0.3) is 0 Å². The smallest absolute Gasteiger partial charge is 0.337 e. The van der Waals surface area contributed by atoms with E-state index < -0.39 is 24.1 Å². The van der Waals surface area contributed by atoms with Gasteiger partial charge in [0.25, 0.3) is 0 Å². The third-order valence-electron chi connectivity index (χ3n) is 2.87. The van der Waals surface area contributed by atoms with E-state index in [-0.39, 0.29) is 29.8 Å². The summed E-state index contributed by atoms with van der Waals surface area (Å²) in [6.45, 7) is 1.84. The van der Waals surface area contributed by atoms with Gasteiger partial charge in [-0.2, -0.15) is 0 Å². The number of hydrogen-bond acceptors (Lipinski definition) is 7. The molecule has 7 nitrogen and oxygen atoms in total. The number of rotatable bonds is 6. The van der Waals surface area contributed by atoms with Gasteiger partial charge in [0, 0.05) is 11.3 Å². The molecule has 7 heteroatoms. The Kier molecular flexibility index (Phi) is 6.13. The Morgan fingerprint density at radius 2 is 2.00 bits per heavy atom. The number of carbonyl (C=O) groups excluding carboxylic acids is 2. The van der Waals surface area contributed by atoms with E-state index in [0.29, 0.717) is 0 Å². The van der Waals surface area contributed by atoms with Crippen molar-refractivity contribution in [1.82, 2.24) is 0 Å². The first-order valence-corrected chi connectivity index (χ1v) is 6.40. The van der Waals surface area contributed by atoms with Gasteiger partial charge in [0.05, 0.1) is 31.8 Å². The zero-order chi connectivity index (χ0) is 16.0. The maximum absolute atomic E-state index is 11.3. The molecule has 1 aromatic carbocycles. The highest BCUT2D eigenvalue weighted by molar-refractivity contribution is 5.90. The van der Waals surface area contributed by atoms with Gasteiger partial charge >= 0.3 is 11.9 Å². The summed E-state index contributed by atoms with van der Waals surface area (Å²) in [6.07, 6.45) is -3.07. The lowest BCUT2D eigenvalue weighted by atomic mass is 9.99. The predicted octanol–water partition coefficient (Wildman–Crippen LogP) is 0.403. The highest BCUT2D eigenvalue weighted by Crippen LogP contribution is 2.26. The molecule has 2 unspecified atom stereocenters. The highest BCUT2D eigenvalue weighted by atomic mass is 16.5. The molecule has 0 bridgehead atoms. The molecule has 2 atom stereocenters. The Morgan fingerprint density at radius 3 is 2.52 bits per heavy atom. The van der Waals surface area contributed by atoms with Crippen LogP contribution in [0.3, 0.4) is 0 Å². The standard InChI is InChI=1S/C14H19NO6/c1-3-21-12(17)7-11(16)13(18)9-5-4-8(6-10(9)15)14(19)20-2/h4-6,11,13,16,18H,3,7,15H2,1-2H3. The SMILES string of the molecule is CCOC(=O)CC(O)C(O)c1ccc(C(=O)OC)cc1N. The Hall–Kier alpha value is -2.12. The molecule has 0 amide bonds. The van der Waals surface area contributed by atoms with E-state index in [1.165, 1.54) is 25.3 Å². The van der Waals surface area contributed by atoms with Crippen molar-refractivity contribution >= 4 is 17.6 Å². The van der Waals surface area contributed by atoms with Gasteiger partial charge in [-0.25, -0.2) is 4.79 Å². The number of ether oxygens (including phenoxy) is 2. The van der Waals surface area contributed by atoms with Crippen LogP contribution in [-0.4, -0.2) is 42.0 Å². The van der Waals surface area contributed by atoms with E-state index in [9.17, 15) is 19.8 Å². The average molecular weight is 297 g/mol. The lowest BCUT2D eigenvalue weighted by molar-refractivity contribution is -0.147. The van der Waals surface area contributed by atoms with E-state index in [4.69, 9.17) is 10.5 Å². The van der Waals surface area contributed by atoms with Gasteiger partial charge in [0.1, 0.15) is 6.10 Å². The van der Waals surface area contributed by atoms with E-state index in [2.05, 4.69) is 4.74 Å². The lowest BCUT2D eigenvalue weighted by Gasteiger charge is -2.19. The molecule has 0 aliphatic heterocycles. The van der Waals surface area contributed by atoms with Gasteiger partial charge in [-0.15, -0.1) is 0 Å². The molecule has 1 rings (SSSR count). The molecule has 0 fully saturated rings. The molecule has 0 saturated heterocycles. The number of anilines is 1. The molecule has 1 aromatic rings. The third kappa shape index (κ3) is 4.44. The molecule has 0 saturated carbocycles. The van der Waals surface area contributed by atoms with Crippen molar-refractivity contribution in [2.75, 3.05) is 19.5 Å². The van der Waals surface area contributed by atoms with Gasteiger partial charge in [0.15, 0.2) is 0 Å².